The molecule has 1 aromatic carbocycles. The number of hydrogen-bond acceptors (Lipinski definition) is 7. The first kappa shape index (κ1) is 20.4. The Labute approximate surface area is 156 Å². The normalized spacial score (nSPS) is 19.5. The Morgan fingerprint density at radius 2 is 2.08 bits per heavy atom. The van der Waals surface area contributed by atoms with Gasteiger partial charge in [0.15, 0.2) is 21.7 Å². The molecule has 0 unspecified atom stereocenters. The van der Waals surface area contributed by atoms with E-state index in [1.807, 2.05) is 0 Å². The summed E-state index contributed by atoms with van der Waals surface area (Å²) in [5.41, 5.74) is 0.909. The third kappa shape index (κ3) is 6.14. The van der Waals surface area contributed by atoms with Crippen molar-refractivity contribution in [3.63, 3.8) is 0 Å². The van der Waals surface area contributed by atoms with Crippen molar-refractivity contribution in [3.8, 4) is 0 Å². The first-order valence-corrected chi connectivity index (χ1v) is 11.0. The first-order chi connectivity index (χ1) is 12.2. The van der Waals surface area contributed by atoms with Gasteiger partial charge < -0.3 is 10.1 Å². The third-order valence-corrected chi connectivity index (χ3v) is 7.10. The zero-order valence-corrected chi connectivity index (χ0v) is 16.2. The molecule has 2 rings (SSSR count). The van der Waals surface area contributed by atoms with Crippen molar-refractivity contribution in [3.05, 3.63) is 29.8 Å². The SMILES string of the molecule is CC(=O)c1cccc(NC(=O)[C@H](C)OC(=O)CS[C@@H]2CCS(=O)(=O)C2)c1. The number of rotatable bonds is 7. The molecule has 1 N–H and O–H groups in total. The molecule has 0 radical (unpaired) electrons. The van der Waals surface area contributed by atoms with Gasteiger partial charge in [0.05, 0.1) is 17.3 Å². The van der Waals surface area contributed by atoms with Crippen LogP contribution in [-0.2, 0) is 24.2 Å². The van der Waals surface area contributed by atoms with E-state index in [9.17, 15) is 22.8 Å². The molecule has 0 saturated carbocycles. The Kier molecular flexibility index (Phi) is 6.82. The monoisotopic (exact) mass is 399 g/mol. The average Bonchev–Trinajstić information content (AvgIpc) is 2.92. The zero-order chi connectivity index (χ0) is 19.3. The van der Waals surface area contributed by atoms with Crippen LogP contribution in [-0.4, -0.2) is 54.7 Å². The number of benzene rings is 1. The average molecular weight is 399 g/mol. The molecule has 0 bridgehead atoms. The number of amides is 1. The van der Waals surface area contributed by atoms with E-state index in [1.165, 1.54) is 25.6 Å². The van der Waals surface area contributed by atoms with Crippen LogP contribution in [0, 0.1) is 0 Å². The predicted octanol–water partition coefficient (Wildman–Crippen LogP) is 1.68. The Morgan fingerprint density at radius 3 is 2.69 bits per heavy atom. The van der Waals surface area contributed by atoms with Crippen LogP contribution in [0.15, 0.2) is 24.3 Å². The maximum Gasteiger partial charge on any atom is 0.316 e. The van der Waals surface area contributed by atoms with Gasteiger partial charge in [0, 0.05) is 16.5 Å². The fourth-order valence-electron chi connectivity index (χ4n) is 2.42. The molecular weight excluding hydrogens is 378 g/mol. The summed E-state index contributed by atoms with van der Waals surface area (Å²) in [6.45, 7) is 2.88. The van der Waals surface area contributed by atoms with Crippen LogP contribution in [0.4, 0.5) is 5.69 Å². The minimum Gasteiger partial charge on any atom is -0.452 e. The van der Waals surface area contributed by atoms with Gasteiger partial charge in [0.25, 0.3) is 5.91 Å². The van der Waals surface area contributed by atoms with Gasteiger partial charge in [-0.2, -0.15) is 0 Å². The molecule has 0 aliphatic carbocycles. The van der Waals surface area contributed by atoms with Crippen LogP contribution in [0.1, 0.15) is 30.6 Å². The lowest BCUT2D eigenvalue weighted by Gasteiger charge is -2.14. The molecule has 1 aromatic rings. The molecule has 2 atom stereocenters. The van der Waals surface area contributed by atoms with Crippen molar-refractivity contribution >= 4 is 44.9 Å². The number of thioether (sulfide) groups is 1. The molecule has 0 aromatic heterocycles. The highest BCUT2D eigenvalue weighted by Crippen LogP contribution is 2.24. The standard InChI is InChI=1S/C17H21NO6S2/c1-11(19)13-4-3-5-14(8-13)18-17(21)12(2)24-16(20)9-25-15-6-7-26(22,23)10-15/h3-5,8,12,15H,6-7,9-10H2,1-2H3,(H,18,21)/t12-,15+/m0/s1. The maximum atomic E-state index is 12.1. The number of Topliss-reactive ketones (excluding diaryl/α,β-unsaturated/α-hetero) is 1. The number of ether oxygens (including phenoxy) is 1. The highest BCUT2D eigenvalue weighted by atomic mass is 32.2. The summed E-state index contributed by atoms with van der Waals surface area (Å²) in [5, 5.41) is 2.49. The van der Waals surface area contributed by atoms with Crippen LogP contribution in [0.5, 0.6) is 0 Å². The van der Waals surface area contributed by atoms with E-state index in [4.69, 9.17) is 4.74 Å². The maximum absolute atomic E-state index is 12.1. The molecule has 1 fully saturated rings. The number of carbonyl (C=O) groups excluding carboxylic acids is 3. The summed E-state index contributed by atoms with van der Waals surface area (Å²) in [6.07, 6.45) is -0.473. The molecule has 26 heavy (non-hydrogen) atoms. The molecule has 7 nitrogen and oxygen atoms in total. The predicted molar refractivity (Wildman–Crippen MR) is 100 cm³/mol. The number of nitrogens with one attached hydrogen (secondary N) is 1. The molecule has 1 aliphatic heterocycles. The highest BCUT2D eigenvalue weighted by molar-refractivity contribution is 8.02. The van der Waals surface area contributed by atoms with Gasteiger partial charge in [-0.15, -0.1) is 11.8 Å². The molecule has 0 spiro atoms. The minimum absolute atomic E-state index is 0.00235. The van der Waals surface area contributed by atoms with Crippen LogP contribution >= 0.6 is 11.8 Å². The minimum atomic E-state index is -2.99. The lowest BCUT2D eigenvalue weighted by atomic mass is 10.1. The number of anilines is 1. The summed E-state index contributed by atoms with van der Waals surface area (Å²) in [7, 11) is -2.99. The van der Waals surface area contributed by atoms with Gasteiger partial charge in [0.2, 0.25) is 0 Å². The number of hydrogen-bond donors (Lipinski definition) is 1. The van der Waals surface area contributed by atoms with E-state index >= 15 is 0 Å². The molecule has 1 amide bonds. The number of esters is 1. The first-order valence-electron chi connectivity index (χ1n) is 8.09. The second-order valence-electron chi connectivity index (χ2n) is 6.09. The lowest BCUT2D eigenvalue weighted by Crippen LogP contribution is -2.30. The second kappa shape index (κ2) is 8.68. The third-order valence-electron chi connectivity index (χ3n) is 3.84. The summed E-state index contributed by atoms with van der Waals surface area (Å²) >= 11 is 1.23. The van der Waals surface area contributed by atoms with Crippen molar-refractivity contribution in [2.45, 2.75) is 31.6 Å². The van der Waals surface area contributed by atoms with E-state index in [1.54, 1.807) is 24.3 Å². The number of carbonyl (C=O) groups is 3. The molecule has 1 saturated heterocycles. The molecule has 1 aliphatic rings. The van der Waals surface area contributed by atoms with Crippen molar-refractivity contribution in [1.29, 1.82) is 0 Å². The van der Waals surface area contributed by atoms with Crippen LogP contribution < -0.4 is 5.32 Å². The highest BCUT2D eigenvalue weighted by Gasteiger charge is 2.29. The fraction of sp³-hybridized carbons (Fsp3) is 0.471. The van der Waals surface area contributed by atoms with Crippen molar-refractivity contribution < 1.29 is 27.5 Å². The summed E-state index contributed by atoms with van der Waals surface area (Å²) in [6, 6.07) is 6.47. The quantitative estimate of drug-likeness (QED) is 0.549. The molecule has 1 heterocycles. The molecular formula is C17H21NO6S2. The fourth-order valence-corrected chi connectivity index (χ4v) is 5.85. The van der Waals surface area contributed by atoms with Gasteiger partial charge in [-0.3, -0.25) is 14.4 Å². The van der Waals surface area contributed by atoms with E-state index in [0.29, 0.717) is 17.7 Å². The largest absolute Gasteiger partial charge is 0.452 e. The Hall–Kier alpha value is -1.87. The Bertz CT molecular complexity index is 805. The Morgan fingerprint density at radius 1 is 1.35 bits per heavy atom. The van der Waals surface area contributed by atoms with E-state index < -0.39 is 27.8 Å². The van der Waals surface area contributed by atoms with Gasteiger partial charge in [0.1, 0.15) is 0 Å². The van der Waals surface area contributed by atoms with Crippen LogP contribution in [0.2, 0.25) is 0 Å². The van der Waals surface area contributed by atoms with Gasteiger partial charge in [-0.05, 0) is 32.4 Å². The van der Waals surface area contributed by atoms with Gasteiger partial charge in [-0.25, -0.2) is 8.42 Å². The summed E-state index contributed by atoms with van der Waals surface area (Å²) < 4.78 is 27.9. The second-order valence-corrected chi connectivity index (χ2v) is 9.61. The van der Waals surface area contributed by atoms with E-state index in [-0.39, 0.29) is 28.3 Å². The topological polar surface area (TPSA) is 107 Å². The van der Waals surface area contributed by atoms with E-state index in [0.717, 1.165) is 0 Å². The lowest BCUT2D eigenvalue weighted by molar-refractivity contribution is -0.150. The number of ketones is 1. The molecule has 142 valence electrons. The number of sulfone groups is 1. The van der Waals surface area contributed by atoms with Crippen LogP contribution in [0.3, 0.4) is 0 Å². The van der Waals surface area contributed by atoms with Crippen molar-refractivity contribution in [1.82, 2.24) is 0 Å². The summed E-state index contributed by atoms with van der Waals surface area (Å²) in [4.78, 5) is 35.3. The Balaban J connectivity index is 1.80. The smallest absolute Gasteiger partial charge is 0.316 e. The van der Waals surface area contributed by atoms with Gasteiger partial charge >= 0.3 is 5.97 Å². The van der Waals surface area contributed by atoms with Crippen molar-refractivity contribution in [2.75, 3.05) is 22.6 Å². The summed E-state index contributed by atoms with van der Waals surface area (Å²) in [5.74, 6) is -0.971. The molecule has 9 heteroatoms. The van der Waals surface area contributed by atoms with E-state index in [2.05, 4.69) is 5.32 Å². The zero-order valence-electron chi connectivity index (χ0n) is 14.6. The van der Waals surface area contributed by atoms with Crippen LogP contribution in [0.25, 0.3) is 0 Å². The van der Waals surface area contributed by atoms with Crippen molar-refractivity contribution in [2.24, 2.45) is 0 Å². The van der Waals surface area contributed by atoms with Gasteiger partial charge in [-0.1, -0.05) is 12.1 Å².